The molecule has 84 valence electrons. The van der Waals surface area contributed by atoms with Gasteiger partial charge in [0.05, 0.1) is 5.69 Å². The predicted octanol–water partition coefficient (Wildman–Crippen LogP) is 3.91. The molecule has 0 amide bonds. The van der Waals surface area contributed by atoms with Crippen LogP contribution in [0.3, 0.4) is 0 Å². The second-order valence-electron chi connectivity index (χ2n) is 4.22. The van der Waals surface area contributed by atoms with Crippen molar-refractivity contribution < 1.29 is 8.91 Å². The van der Waals surface area contributed by atoms with E-state index in [2.05, 4.69) is 5.16 Å². The highest BCUT2D eigenvalue weighted by Gasteiger charge is 2.10. The number of halogens is 1. The van der Waals surface area contributed by atoms with Crippen molar-refractivity contribution in [1.29, 1.82) is 0 Å². The second kappa shape index (κ2) is 4.08. The van der Waals surface area contributed by atoms with Gasteiger partial charge in [-0.05, 0) is 24.5 Å². The van der Waals surface area contributed by atoms with Crippen molar-refractivity contribution in [3.8, 4) is 11.3 Å². The maximum Gasteiger partial charge on any atom is 0.167 e. The summed E-state index contributed by atoms with van der Waals surface area (Å²) in [5.74, 6) is 0.596. The second-order valence-corrected chi connectivity index (χ2v) is 4.22. The minimum absolute atomic E-state index is 0.186. The summed E-state index contributed by atoms with van der Waals surface area (Å²) in [5, 5.41) is 3.78. The van der Waals surface area contributed by atoms with E-state index in [0.29, 0.717) is 5.76 Å². The van der Waals surface area contributed by atoms with Crippen molar-refractivity contribution in [2.75, 3.05) is 0 Å². The molecule has 0 bridgehead atoms. The zero-order valence-corrected chi connectivity index (χ0v) is 9.62. The predicted molar refractivity (Wildman–Crippen MR) is 60.7 cm³/mol. The average Bonchev–Trinajstić information content (AvgIpc) is 2.64. The molecule has 0 saturated heterocycles. The SMILES string of the molecule is Cc1cc(-c2ccc(C(C)C)c(F)c2)on1. The molecule has 0 radical (unpaired) electrons. The molecule has 1 heterocycles. The Labute approximate surface area is 94.1 Å². The summed E-state index contributed by atoms with van der Waals surface area (Å²) in [6.07, 6.45) is 0. The molecule has 2 aromatic rings. The van der Waals surface area contributed by atoms with Crippen LogP contribution in [0.2, 0.25) is 0 Å². The maximum absolute atomic E-state index is 13.7. The van der Waals surface area contributed by atoms with Crippen LogP contribution in [0.5, 0.6) is 0 Å². The van der Waals surface area contributed by atoms with Gasteiger partial charge in [0, 0.05) is 11.6 Å². The van der Waals surface area contributed by atoms with Crippen LogP contribution in [0.25, 0.3) is 11.3 Å². The standard InChI is InChI=1S/C13H14FNO/c1-8(2)11-5-4-10(7-12(11)14)13-6-9(3)15-16-13/h4-8H,1-3H3. The molecule has 1 aromatic carbocycles. The normalized spacial score (nSPS) is 11.1. The molecule has 0 aliphatic carbocycles. The third kappa shape index (κ3) is 1.98. The van der Waals surface area contributed by atoms with Crippen molar-refractivity contribution in [2.45, 2.75) is 26.7 Å². The number of benzene rings is 1. The molecule has 0 fully saturated rings. The van der Waals surface area contributed by atoms with Crippen molar-refractivity contribution in [2.24, 2.45) is 0 Å². The molecule has 0 aliphatic rings. The van der Waals surface area contributed by atoms with E-state index in [1.165, 1.54) is 6.07 Å². The third-order valence-electron chi connectivity index (χ3n) is 2.53. The molecule has 2 rings (SSSR count). The monoisotopic (exact) mass is 219 g/mol. The van der Waals surface area contributed by atoms with Crippen molar-refractivity contribution in [3.05, 3.63) is 41.3 Å². The van der Waals surface area contributed by atoms with Gasteiger partial charge in [-0.3, -0.25) is 0 Å². The highest BCUT2D eigenvalue weighted by Crippen LogP contribution is 2.25. The number of hydrogen-bond donors (Lipinski definition) is 0. The third-order valence-corrected chi connectivity index (χ3v) is 2.53. The first-order chi connectivity index (χ1) is 7.58. The minimum Gasteiger partial charge on any atom is -0.356 e. The molecular weight excluding hydrogens is 205 g/mol. The molecule has 16 heavy (non-hydrogen) atoms. The van der Waals surface area contributed by atoms with Gasteiger partial charge in [-0.25, -0.2) is 4.39 Å². The molecule has 0 aliphatic heterocycles. The van der Waals surface area contributed by atoms with Gasteiger partial charge in [0.1, 0.15) is 5.82 Å². The molecule has 3 heteroatoms. The fraction of sp³-hybridized carbons (Fsp3) is 0.308. The Balaban J connectivity index is 2.42. The van der Waals surface area contributed by atoms with Crippen LogP contribution in [0, 0.1) is 12.7 Å². The topological polar surface area (TPSA) is 26.0 Å². The average molecular weight is 219 g/mol. The van der Waals surface area contributed by atoms with E-state index >= 15 is 0 Å². The van der Waals surface area contributed by atoms with Crippen LogP contribution in [-0.2, 0) is 0 Å². The first-order valence-corrected chi connectivity index (χ1v) is 5.31. The summed E-state index contributed by atoms with van der Waals surface area (Å²) < 4.78 is 18.8. The van der Waals surface area contributed by atoms with Crippen LogP contribution in [-0.4, -0.2) is 5.16 Å². The first-order valence-electron chi connectivity index (χ1n) is 5.31. The van der Waals surface area contributed by atoms with Crippen molar-refractivity contribution in [3.63, 3.8) is 0 Å². The van der Waals surface area contributed by atoms with E-state index in [1.54, 1.807) is 12.1 Å². The fourth-order valence-corrected chi connectivity index (χ4v) is 1.65. The highest BCUT2D eigenvalue weighted by molar-refractivity contribution is 5.58. The fourth-order valence-electron chi connectivity index (χ4n) is 1.65. The molecule has 0 spiro atoms. The van der Waals surface area contributed by atoms with Gasteiger partial charge in [0.15, 0.2) is 5.76 Å². The summed E-state index contributed by atoms with van der Waals surface area (Å²) in [6, 6.07) is 6.95. The van der Waals surface area contributed by atoms with Gasteiger partial charge < -0.3 is 4.52 Å². The van der Waals surface area contributed by atoms with Crippen LogP contribution in [0.1, 0.15) is 31.0 Å². The van der Waals surface area contributed by atoms with Crippen LogP contribution >= 0.6 is 0 Å². The van der Waals surface area contributed by atoms with E-state index < -0.39 is 0 Å². The summed E-state index contributed by atoms with van der Waals surface area (Å²) in [7, 11) is 0. The lowest BCUT2D eigenvalue weighted by Crippen LogP contribution is -1.92. The number of aryl methyl sites for hydroxylation is 1. The Hall–Kier alpha value is -1.64. The lowest BCUT2D eigenvalue weighted by Gasteiger charge is -2.07. The summed E-state index contributed by atoms with van der Waals surface area (Å²) in [4.78, 5) is 0. The van der Waals surface area contributed by atoms with Gasteiger partial charge in [-0.1, -0.05) is 31.1 Å². The maximum atomic E-state index is 13.7. The van der Waals surface area contributed by atoms with Crippen LogP contribution < -0.4 is 0 Å². The zero-order chi connectivity index (χ0) is 11.7. The van der Waals surface area contributed by atoms with Crippen LogP contribution in [0.4, 0.5) is 4.39 Å². The van der Waals surface area contributed by atoms with Gasteiger partial charge >= 0.3 is 0 Å². The van der Waals surface area contributed by atoms with Crippen molar-refractivity contribution >= 4 is 0 Å². The van der Waals surface area contributed by atoms with Gasteiger partial charge in [0.25, 0.3) is 0 Å². The zero-order valence-electron chi connectivity index (χ0n) is 9.62. The Morgan fingerprint density at radius 3 is 2.50 bits per heavy atom. The van der Waals surface area contributed by atoms with Crippen molar-refractivity contribution in [1.82, 2.24) is 5.16 Å². The number of rotatable bonds is 2. The largest absolute Gasteiger partial charge is 0.356 e. The van der Waals surface area contributed by atoms with Crippen LogP contribution in [0.15, 0.2) is 28.8 Å². The summed E-state index contributed by atoms with van der Waals surface area (Å²) in [5.41, 5.74) is 2.24. The van der Waals surface area contributed by atoms with Gasteiger partial charge in [-0.15, -0.1) is 0 Å². The Morgan fingerprint density at radius 1 is 1.25 bits per heavy atom. The molecule has 0 saturated carbocycles. The summed E-state index contributed by atoms with van der Waals surface area (Å²) >= 11 is 0. The highest BCUT2D eigenvalue weighted by atomic mass is 19.1. The summed E-state index contributed by atoms with van der Waals surface area (Å²) in [6.45, 7) is 5.78. The number of aromatic nitrogens is 1. The molecule has 0 unspecified atom stereocenters. The van der Waals surface area contributed by atoms with E-state index in [0.717, 1.165) is 16.8 Å². The van der Waals surface area contributed by atoms with E-state index in [-0.39, 0.29) is 11.7 Å². The molecule has 0 atom stereocenters. The molecule has 1 aromatic heterocycles. The number of nitrogens with zero attached hydrogens (tertiary/aromatic N) is 1. The Kier molecular flexibility index (Phi) is 2.77. The first kappa shape index (κ1) is 10.9. The Morgan fingerprint density at radius 2 is 2.00 bits per heavy atom. The quantitative estimate of drug-likeness (QED) is 0.765. The van der Waals surface area contributed by atoms with Gasteiger partial charge in [-0.2, -0.15) is 0 Å². The molecule has 0 N–H and O–H groups in total. The Bertz CT molecular complexity index is 502. The lowest BCUT2D eigenvalue weighted by molar-refractivity contribution is 0.427. The lowest BCUT2D eigenvalue weighted by atomic mass is 10.0. The van der Waals surface area contributed by atoms with E-state index in [9.17, 15) is 4.39 Å². The molecular formula is C13H14FNO. The van der Waals surface area contributed by atoms with E-state index in [1.807, 2.05) is 26.8 Å². The minimum atomic E-state index is -0.193. The molecule has 2 nitrogen and oxygen atoms in total. The van der Waals surface area contributed by atoms with Gasteiger partial charge in [0.2, 0.25) is 0 Å². The van der Waals surface area contributed by atoms with E-state index in [4.69, 9.17) is 4.52 Å². The smallest absolute Gasteiger partial charge is 0.167 e. The number of hydrogen-bond acceptors (Lipinski definition) is 2.